The maximum atomic E-state index is 14.0. The minimum Gasteiger partial charge on any atom is -0.310 e. The molecule has 1 aromatic carbocycles. The van der Waals surface area contributed by atoms with E-state index in [0.29, 0.717) is 23.0 Å². The molecule has 7 heteroatoms. The largest absolute Gasteiger partial charge is 0.310 e. The number of amides is 1. The number of hydrogen-bond acceptors (Lipinski definition) is 4. The molecule has 2 heterocycles. The summed E-state index contributed by atoms with van der Waals surface area (Å²) < 4.78 is 16.5. The summed E-state index contributed by atoms with van der Waals surface area (Å²) in [5, 5.41) is 9.03. The summed E-state index contributed by atoms with van der Waals surface area (Å²) in [7, 11) is 0. The second-order valence-corrected chi connectivity index (χ2v) is 7.03. The summed E-state index contributed by atoms with van der Waals surface area (Å²) >= 11 is 3.06. The minimum absolute atomic E-state index is 0.152. The molecular weight excluding hydrogens is 333 g/mol. The van der Waals surface area contributed by atoms with Crippen LogP contribution in [0.1, 0.15) is 5.69 Å². The molecule has 0 spiro atoms. The van der Waals surface area contributed by atoms with E-state index in [4.69, 9.17) is 0 Å². The molecule has 0 radical (unpaired) electrons. The van der Waals surface area contributed by atoms with Gasteiger partial charge in [0.15, 0.2) is 0 Å². The Balaban J connectivity index is 1.75. The molecule has 1 amide bonds. The van der Waals surface area contributed by atoms with Crippen LogP contribution in [0.15, 0.2) is 52.1 Å². The zero-order chi connectivity index (χ0) is 16.2. The number of halogens is 1. The fourth-order valence-corrected chi connectivity index (χ4v) is 3.64. The zero-order valence-corrected chi connectivity index (χ0v) is 14.0. The van der Waals surface area contributed by atoms with Crippen LogP contribution in [0.2, 0.25) is 0 Å². The van der Waals surface area contributed by atoms with E-state index in [1.54, 1.807) is 42.5 Å². The standard InChI is InChI=1S/C16H14FN3OS2/c1-11-9-14(18-15(21)10-23-16-7-4-8-22-16)20(19-11)13-6-3-2-5-12(13)17/h2-9H,10H2,1H3,(H,18,21). The first-order valence-electron chi connectivity index (χ1n) is 6.91. The van der Waals surface area contributed by atoms with Crippen LogP contribution < -0.4 is 5.32 Å². The third-order valence-electron chi connectivity index (χ3n) is 3.02. The molecule has 0 aliphatic rings. The van der Waals surface area contributed by atoms with Crippen LogP contribution in [0.4, 0.5) is 10.2 Å². The van der Waals surface area contributed by atoms with Crippen molar-refractivity contribution in [1.29, 1.82) is 0 Å². The second kappa shape index (κ2) is 6.97. The highest BCUT2D eigenvalue weighted by atomic mass is 32.2. The van der Waals surface area contributed by atoms with Crippen LogP contribution in [-0.2, 0) is 4.79 Å². The van der Waals surface area contributed by atoms with E-state index >= 15 is 0 Å². The first-order valence-corrected chi connectivity index (χ1v) is 8.78. The van der Waals surface area contributed by atoms with Crippen molar-refractivity contribution in [3.8, 4) is 5.69 Å². The van der Waals surface area contributed by atoms with Gasteiger partial charge >= 0.3 is 0 Å². The number of hydrogen-bond donors (Lipinski definition) is 1. The summed E-state index contributed by atoms with van der Waals surface area (Å²) in [6, 6.07) is 12.0. The van der Waals surface area contributed by atoms with Crippen LogP contribution in [0.3, 0.4) is 0 Å². The van der Waals surface area contributed by atoms with Crippen LogP contribution in [0.25, 0.3) is 5.69 Å². The highest BCUT2D eigenvalue weighted by Gasteiger charge is 2.13. The Morgan fingerprint density at radius 3 is 2.91 bits per heavy atom. The lowest BCUT2D eigenvalue weighted by molar-refractivity contribution is -0.113. The Morgan fingerprint density at radius 2 is 2.17 bits per heavy atom. The molecule has 0 saturated carbocycles. The normalized spacial score (nSPS) is 10.7. The molecule has 0 fully saturated rings. The van der Waals surface area contributed by atoms with Gasteiger partial charge in [0.1, 0.15) is 17.3 Å². The number of benzene rings is 1. The smallest absolute Gasteiger partial charge is 0.235 e. The fourth-order valence-electron chi connectivity index (χ4n) is 2.06. The first-order chi connectivity index (χ1) is 11.1. The number of rotatable bonds is 5. The van der Waals surface area contributed by atoms with Crippen molar-refractivity contribution in [3.05, 3.63) is 59.4 Å². The zero-order valence-electron chi connectivity index (χ0n) is 12.3. The predicted molar refractivity (Wildman–Crippen MR) is 91.9 cm³/mol. The van der Waals surface area contributed by atoms with Crippen molar-refractivity contribution in [1.82, 2.24) is 9.78 Å². The number of carbonyl (C=O) groups is 1. The van der Waals surface area contributed by atoms with Crippen LogP contribution >= 0.6 is 23.1 Å². The van der Waals surface area contributed by atoms with Crippen LogP contribution in [0, 0.1) is 12.7 Å². The maximum Gasteiger partial charge on any atom is 0.235 e. The number of thioether (sulfide) groups is 1. The molecule has 0 unspecified atom stereocenters. The number of nitrogens with one attached hydrogen (secondary N) is 1. The Hall–Kier alpha value is -2.12. The van der Waals surface area contributed by atoms with Gasteiger partial charge in [-0.05, 0) is 30.5 Å². The molecule has 0 atom stereocenters. The Labute approximate surface area is 141 Å². The van der Waals surface area contributed by atoms with Gasteiger partial charge in [0.25, 0.3) is 0 Å². The fraction of sp³-hybridized carbons (Fsp3) is 0.125. The van der Waals surface area contributed by atoms with Crippen molar-refractivity contribution in [2.75, 3.05) is 11.1 Å². The first kappa shape index (κ1) is 15.8. The Bertz CT molecular complexity index is 815. The number of carbonyl (C=O) groups excluding carboxylic acids is 1. The van der Waals surface area contributed by atoms with Gasteiger partial charge in [-0.2, -0.15) is 5.10 Å². The van der Waals surface area contributed by atoms with Crippen molar-refractivity contribution in [2.45, 2.75) is 11.1 Å². The molecular formula is C16H14FN3OS2. The Morgan fingerprint density at radius 1 is 1.35 bits per heavy atom. The molecule has 4 nitrogen and oxygen atoms in total. The highest BCUT2D eigenvalue weighted by molar-refractivity contribution is 8.01. The minimum atomic E-state index is -0.390. The number of anilines is 1. The van der Waals surface area contributed by atoms with E-state index in [1.165, 1.54) is 22.5 Å². The lowest BCUT2D eigenvalue weighted by Crippen LogP contribution is -2.17. The molecule has 0 aliphatic heterocycles. The van der Waals surface area contributed by atoms with Gasteiger partial charge in [0.2, 0.25) is 5.91 Å². The summed E-state index contributed by atoms with van der Waals surface area (Å²) in [6.07, 6.45) is 0. The van der Waals surface area contributed by atoms with Crippen molar-refractivity contribution < 1.29 is 9.18 Å². The molecule has 0 aliphatic carbocycles. The van der Waals surface area contributed by atoms with Crippen molar-refractivity contribution in [3.63, 3.8) is 0 Å². The molecule has 2 aromatic heterocycles. The summed E-state index contributed by atoms with van der Waals surface area (Å²) in [5.41, 5.74) is 1.01. The van der Waals surface area contributed by atoms with Gasteiger partial charge in [-0.25, -0.2) is 9.07 Å². The quantitative estimate of drug-likeness (QED) is 0.707. The topological polar surface area (TPSA) is 46.9 Å². The predicted octanol–water partition coefficient (Wildman–Crippen LogP) is 4.11. The van der Waals surface area contributed by atoms with Gasteiger partial charge in [-0.1, -0.05) is 18.2 Å². The third-order valence-corrected chi connectivity index (χ3v) is 5.15. The monoisotopic (exact) mass is 347 g/mol. The van der Waals surface area contributed by atoms with E-state index in [2.05, 4.69) is 10.4 Å². The summed E-state index contributed by atoms with van der Waals surface area (Å²) in [5.74, 6) is 0.214. The van der Waals surface area contributed by atoms with E-state index < -0.39 is 0 Å². The van der Waals surface area contributed by atoms with Gasteiger partial charge in [-0.3, -0.25) is 4.79 Å². The third kappa shape index (κ3) is 3.80. The van der Waals surface area contributed by atoms with Gasteiger partial charge in [0, 0.05) is 6.07 Å². The van der Waals surface area contributed by atoms with Crippen LogP contribution in [-0.4, -0.2) is 21.4 Å². The van der Waals surface area contributed by atoms with Crippen molar-refractivity contribution >= 4 is 34.8 Å². The van der Waals surface area contributed by atoms with Gasteiger partial charge in [-0.15, -0.1) is 23.1 Å². The molecule has 3 aromatic rings. The number of para-hydroxylation sites is 1. The number of aromatic nitrogens is 2. The lowest BCUT2D eigenvalue weighted by Gasteiger charge is -2.09. The molecule has 23 heavy (non-hydrogen) atoms. The SMILES string of the molecule is Cc1cc(NC(=O)CSc2cccs2)n(-c2ccccc2F)n1. The number of thiophene rings is 1. The Kier molecular flexibility index (Phi) is 4.78. The molecule has 118 valence electrons. The molecule has 3 rings (SSSR count). The van der Waals surface area contributed by atoms with E-state index in [1.807, 2.05) is 17.5 Å². The lowest BCUT2D eigenvalue weighted by atomic mass is 10.3. The van der Waals surface area contributed by atoms with E-state index in [0.717, 1.165) is 4.21 Å². The number of nitrogens with zero attached hydrogens (tertiary/aromatic N) is 2. The molecule has 1 N–H and O–H groups in total. The van der Waals surface area contributed by atoms with Gasteiger partial charge < -0.3 is 5.32 Å². The number of aryl methyl sites for hydroxylation is 1. The summed E-state index contributed by atoms with van der Waals surface area (Å²) in [6.45, 7) is 1.80. The maximum absolute atomic E-state index is 14.0. The molecule has 0 saturated heterocycles. The van der Waals surface area contributed by atoms with Crippen LogP contribution in [0.5, 0.6) is 0 Å². The van der Waals surface area contributed by atoms with Gasteiger partial charge in [0.05, 0.1) is 15.7 Å². The highest BCUT2D eigenvalue weighted by Crippen LogP contribution is 2.24. The van der Waals surface area contributed by atoms with Crippen molar-refractivity contribution in [2.24, 2.45) is 0 Å². The average molecular weight is 347 g/mol. The summed E-state index contributed by atoms with van der Waals surface area (Å²) in [4.78, 5) is 12.1. The van der Waals surface area contributed by atoms with E-state index in [9.17, 15) is 9.18 Å². The van der Waals surface area contributed by atoms with E-state index in [-0.39, 0.29) is 11.7 Å². The second-order valence-electron chi connectivity index (χ2n) is 4.80. The average Bonchev–Trinajstić information content (AvgIpc) is 3.15. The molecule has 0 bridgehead atoms.